The van der Waals surface area contributed by atoms with Gasteiger partial charge in [0, 0.05) is 26.2 Å². The number of carbonyl (C=O) groups is 2. The molecular formula is C8H15N3O3. The van der Waals surface area contributed by atoms with Gasteiger partial charge in [0.1, 0.15) is 0 Å². The van der Waals surface area contributed by atoms with Crippen LogP contribution in [0.5, 0.6) is 0 Å². The summed E-state index contributed by atoms with van der Waals surface area (Å²) in [6.07, 6.45) is 0. The van der Waals surface area contributed by atoms with E-state index in [0.29, 0.717) is 26.2 Å². The van der Waals surface area contributed by atoms with Gasteiger partial charge in [0.15, 0.2) is 0 Å². The van der Waals surface area contributed by atoms with Crippen LogP contribution in [0.4, 0.5) is 4.79 Å². The molecule has 1 saturated heterocycles. The second-order valence-corrected chi connectivity index (χ2v) is 3.35. The minimum atomic E-state index is -0.849. The average molecular weight is 201 g/mol. The van der Waals surface area contributed by atoms with Gasteiger partial charge in [-0.3, -0.25) is 9.69 Å². The normalized spacial score (nSPS) is 16.1. The van der Waals surface area contributed by atoms with Gasteiger partial charge in [-0.2, -0.15) is 0 Å². The molecule has 80 valence electrons. The summed E-state index contributed by atoms with van der Waals surface area (Å²) in [6, 6.07) is -0.0614. The summed E-state index contributed by atoms with van der Waals surface area (Å²) in [4.78, 5) is 24.8. The number of nitrogens with zero attached hydrogens (tertiary/aromatic N) is 2. The summed E-state index contributed by atoms with van der Waals surface area (Å²) >= 11 is 0. The van der Waals surface area contributed by atoms with Gasteiger partial charge in [0.05, 0.1) is 6.54 Å². The van der Waals surface area contributed by atoms with Crippen molar-refractivity contribution in [1.82, 2.24) is 15.1 Å². The van der Waals surface area contributed by atoms with Crippen LogP contribution in [0.1, 0.15) is 0 Å². The van der Waals surface area contributed by atoms with Crippen molar-refractivity contribution in [3.05, 3.63) is 0 Å². The number of likely N-dealkylation sites (N-methyl/N-ethyl adjacent to an activating group) is 1. The molecule has 6 nitrogen and oxygen atoms in total. The molecule has 0 aromatic carbocycles. The number of carboxylic acid groups (broad SMARTS) is 1. The Balaban J connectivity index is 2.19. The lowest BCUT2D eigenvalue weighted by Crippen LogP contribution is -2.37. The number of hydrogen-bond acceptors (Lipinski definition) is 3. The molecule has 0 atom stereocenters. The molecule has 1 aliphatic heterocycles. The van der Waals surface area contributed by atoms with Crippen LogP contribution in [-0.4, -0.2) is 66.7 Å². The Bertz CT molecular complexity index is 232. The molecule has 0 unspecified atom stereocenters. The highest BCUT2D eigenvalue weighted by molar-refractivity contribution is 5.76. The number of hydrogen-bond donors (Lipinski definition) is 2. The van der Waals surface area contributed by atoms with E-state index >= 15 is 0 Å². The van der Waals surface area contributed by atoms with Crippen LogP contribution in [0.2, 0.25) is 0 Å². The van der Waals surface area contributed by atoms with Crippen molar-refractivity contribution in [2.75, 3.05) is 39.8 Å². The lowest BCUT2D eigenvalue weighted by atomic mass is 10.4. The maximum atomic E-state index is 11.1. The predicted octanol–water partition coefficient (Wildman–Crippen LogP) is -0.972. The van der Waals surface area contributed by atoms with E-state index in [9.17, 15) is 9.59 Å². The highest BCUT2D eigenvalue weighted by Gasteiger charge is 2.19. The highest BCUT2D eigenvalue weighted by atomic mass is 16.4. The molecule has 1 heterocycles. The zero-order chi connectivity index (χ0) is 10.6. The molecule has 0 aromatic rings. The van der Waals surface area contributed by atoms with Crippen LogP contribution in [-0.2, 0) is 4.79 Å². The van der Waals surface area contributed by atoms with Gasteiger partial charge in [0.2, 0.25) is 0 Å². The van der Waals surface area contributed by atoms with Crippen molar-refractivity contribution in [3.8, 4) is 0 Å². The maximum absolute atomic E-state index is 11.1. The van der Waals surface area contributed by atoms with Crippen molar-refractivity contribution < 1.29 is 14.7 Å². The second-order valence-electron chi connectivity index (χ2n) is 3.35. The van der Waals surface area contributed by atoms with E-state index in [2.05, 4.69) is 5.32 Å². The van der Waals surface area contributed by atoms with Crippen molar-refractivity contribution in [1.29, 1.82) is 0 Å². The second kappa shape index (κ2) is 4.80. The van der Waals surface area contributed by atoms with Gasteiger partial charge in [-0.15, -0.1) is 0 Å². The SMILES string of the molecule is CN(CCN1CCNC1=O)CC(=O)O. The average Bonchev–Trinajstić information content (AvgIpc) is 2.46. The van der Waals surface area contributed by atoms with Crippen LogP contribution in [0.25, 0.3) is 0 Å². The molecule has 0 spiro atoms. The Labute approximate surface area is 82.5 Å². The Morgan fingerprint density at radius 1 is 1.71 bits per heavy atom. The summed E-state index contributed by atoms with van der Waals surface area (Å²) in [7, 11) is 1.72. The molecule has 0 radical (unpaired) electrons. The molecular weight excluding hydrogens is 186 g/mol. The summed E-state index contributed by atoms with van der Waals surface area (Å²) in [5.74, 6) is -0.849. The molecule has 0 aromatic heterocycles. The molecule has 0 aliphatic carbocycles. The molecule has 2 N–H and O–H groups in total. The van der Waals surface area contributed by atoms with Crippen LogP contribution >= 0.6 is 0 Å². The molecule has 6 heteroatoms. The zero-order valence-electron chi connectivity index (χ0n) is 8.19. The summed E-state index contributed by atoms with van der Waals surface area (Å²) in [6.45, 7) is 2.56. The van der Waals surface area contributed by atoms with E-state index in [4.69, 9.17) is 5.11 Å². The van der Waals surface area contributed by atoms with E-state index in [1.807, 2.05) is 0 Å². The van der Waals surface area contributed by atoms with Crippen molar-refractivity contribution in [3.63, 3.8) is 0 Å². The first-order valence-electron chi connectivity index (χ1n) is 4.52. The molecule has 0 saturated carbocycles. The number of amides is 2. The molecule has 2 amide bonds. The topological polar surface area (TPSA) is 72.9 Å². The first-order chi connectivity index (χ1) is 6.59. The minimum Gasteiger partial charge on any atom is -0.480 e. The van der Waals surface area contributed by atoms with Crippen LogP contribution in [0.15, 0.2) is 0 Å². The third-order valence-corrected chi connectivity index (χ3v) is 2.10. The molecule has 14 heavy (non-hydrogen) atoms. The smallest absolute Gasteiger partial charge is 0.317 e. The Hall–Kier alpha value is -1.30. The van der Waals surface area contributed by atoms with Gasteiger partial charge in [-0.25, -0.2) is 4.79 Å². The van der Waals surface area contributed by atoms with Crippen molar-refractivity contribution >= 4 is 12.0 Å². The lowest BCUT2D eigenvalue weighted by molar-refractivity contribution is -0.137. The first kappa shape index (κ1) is 10.8. The van der Waals surface area contributed by atoms with E-state index in [0.717, 1.165) is 0 Å². The molecule has 0 bridgehead atoms. The highest BCUT2D eigenvalue weighted by Crippen LogP contribution is 1.96. The molecule has 1 fully saturated rings. The van der Waals surface area contributed by atoms with Gasteiger partial charge < -0.3 is 15.3 Å². The standard InChI is InChI=1S/C8H15N3O3/c1-10(6-7(12)13)4-5-11-3-2-9-8(11)14/h2-6H2,1H3,(H,9,14)(H,12,13). The van der Waals surface area contributed by atoms with Gasteiger partial charge in [-0.1, -0.05) is 0 Å². The van der Waals surface area contributed by atoms with Gasteiger partial charge >= 0.3 is 12.0 Å². The molecule has 1 rings (SSSR count). The number of rotatable bonds is 5. The van der Waals surface area contributed by atoms with Gasteiger partial charge in [0.25, 0.3) is 0 Å². The lowest BCUT2D eigenvalue weighted by Gasteiger charge is -2.19. The van der Waals surface area contributed by atoms with Crippen molar-refractivity contribution in [2.45, 2.75) is 0 Å². The summed E-state index contributed by atoms with van der Waals surface area (Å²) in [5, 5.41) is 11.2. The van der Waals surface area contributed by atoms with Crippen LogP contribution < -0.4 is 5.32 Å². The first-order valence-corrected chi connectivity index (χ1v) is 4.52. The monoisotopic (exact) mass is 201 g/mol. The van der Waals surface area contributed by atoms with Crippen molar-refractivity contribution in [2.24, 2.45) is 0 Å². The fraction of sp³-hybridized carbons (Fsp3) is 0.750. The number of nitrogens with one attached hydrogen (secondary N) is 1. The van der Waals surface area contributed by atoms with Gasteiger partial charge in [-0.05, 0) is 7.05 Å². The van der Waals surface area contributed by atoms with Crippen LogP contribution in [0, 0.1) is 0 Å². The number of aliphatic carboxylic acids is 1. The Morgan fingerprint density at radius 3 is 2.93 bits per heavy atom. The molecule has 1 aliphatic rings. The van der Waals surface area contributed by atoms with E-state index < -0.39 is 5.97 Å². The Morgan fingerprint density at radius 2 is 2.43 bits per heavy atom. The fourth-order valence-corrected chi connectivity index (χ4v) is 1.33. The third kappa shape index (κ3) is 3.21. The maximum Gasteiger partial charge on any atom is 0.317 e. The minimum absolute atomic E-state index is 0.00938. The van der Waals surface area contributed by atoms with Crippen LogP contribution in [0.3, 0.4) is 0 Å². The fourth-order valence-electron chi connectivity index (χ4n) is 1.33. The predicted molar refractivity (Wildman–Crippen MR) is 50.1 cm³/mol. The summed E-state index contributed by atoms with van der Waals surface area (Å²) < 4.78 is 0. The number of carboxylic acids is 1. The number of carbonyl (C=O) groups excluding carboxylic acids is 1. The van der Waals surface area contributed by atoms with E-state index in [1.54, 1.807) is 16.8 Å². The third-order valence-electron chi connectivity index (χ3n) is 2.10. The summed E-state index contributed by atoms with van der Waals surface area (Å²) in [5.41, 5.74) is 0. The Kier molecular flexibility index (Phi) is 3.70. The zero-order valence-corrected chi connectivity index (χ0v) is 8.19. The van der Waals surface area contributed by atoms with E-state index in [-0.39, 0.29) is 12.6 Å². The van der Waals surface area contributed by atoms with E-state index in [1.165, 1.54) is 0 Å². The number of urea groups is 1. The largest absolute Gasteiger partial charge is 0.480 e. The quantitative estimate of drug-likeness (QED) is 0.600.